The molecule has 1 heterocycles. The Morgan fingerprint density at radius 1 is 1.05 bits per heavy atom. The maximum absolute atomic E-state index is 12.4. The van der Waals surface area contributed by atoms with Crippen molar-refractivity contribution in [2.75, 3.05) is 13.1 Å². The first kappa shape index (κ1) is 13.7. The van der Waals surface area contributed by atoms with E-state index in [9.17, 15) is 4.79 Å². The Morgan fingerprint density at radius 3 is 2.11 bits per heavy atom. The lowest BCUT2D eigenvalue weighted by Crippen LogP contribution is -2.60. The average Bonchev–Trinajstić information content (AvgIpc) is 2.79. The normalized spacial score (nSPS) is 46.9. The van der Waals surface area contributed by atoms with Crippen molar-refractivity contribution in [3.63, 3.8) is 0 Å². The number of carbonyl (C=O) groups is 1. The van der Waals surface area contributed by atoms with Crippen LogP contribution >= 0.6 is 12.4 Å². The first-order chi connectivity index (χ1) is 8.72. The van der Waals surface area contributed by atoms with Gasteiger partial charge in [-0.1, -0.05) is 0 Å². The molecule has 0 spiro atoms. The Labute approximate surface area is 121 Å². The topological polar surface area (TPSA) is 41.1 Å². The zero-order valence-corrected chi connectivity index (χ0v) is 12.3. The Bertz CT molecular complexity index is 330. The molecule has 3 nitrogen and oxygen atoms in total. The highest BCUT2D eigenvalue weighted by molar-refractivity contribution is 5.85. The lowest BCUT2D eigenvalue weighted by molar-refractivity contribution is -0.130. The van der Waals surface area contributed by atoms with Gasteiger partial charge >= 0.3 is 0 Å². The van der Waals surface area contributed by atoms with E-state index in [-0.39, 0.29) is 23.9 Å². The van der Waals surface area contributed by atoms with Crippen LogP contribution in [0.2, 0.25) is 0 Å². The van der Waals surface area contributed by atoms with Gasteiger partial charge in [-0.25, -0.2) is 0 Å². The monoisotopic (exact) mass is 284 g/mol. The molecule has 0 aromatic carbocycles. The second kappa shape index (κ2) is 4.92. The quantitative estimate of drug-likeness (QED) is 0.815. The minimum atomic E-state index is 0. The van der Waals surface area contributed by atoms with E-state index in [1.54, 1.807) is 0 Å². The molecule has 108 valence electrons. The highest BCUT2D eigenvalue weighted by Crippen LogP contribution is 2.55. The minimum absolute atomic E-state index is 0. The van der Waals surface area contributed by atoms with E-state index in [4.69, 9.17) is 0 Å². The summed E-state index contributed by atoms with van der Waals surface area (Å²) < 4.78 is 0. The molecule has 0 radical (unpaired) electrons. The van der Waals surface area contributed by atoms with E-state index in [1.807, 2.05) is 0 Å². The number of amides is 1. The van der Waals surface area contributed by atoms with Gasteiger partial charge in [0.05, 0.1) is 5.92 Å². The second-order valence-corrected chi connectivity index (χ2v) is 7.38. The smallest absolute Gasteiger partial charge is 0.224 e. The van der Waals surface area contributed by atoms with E-state index < -0.39 is 0 Å². The molecule has 19 heavy (non-hydrogen) atoms. The summed E-state index contributed by atoms with van der Waals surface area (Å²) in [6, 6.07) is 0. The van der Waals surface area contributed by atoms with Crippen LogP contribution in [0.25, 0.3) is 0 Å². The van der Waals surface area contributed by atoms with E-state index in [0.717, 1.165) is 37.3 Å². The van der Waals surface area contributed by atoms with Gasteiger partial charge in [-0.15, -0.1) is 12.4 Å². The molecule has 1 aliphatic heterocycles. The summed E-state index contributed by atoms with van der Waals surface area (Å²) >= 11 is 0. The number of rotatable bonds is 2. The van der Waals surface area contributed by atoms with Crippen LogP contribution in [-0.2, 0) is 4.79 Å². The number of hydrogen-bond acceptors (Lipinski definition) is 2. The number of hydrogen-bond donors (Lipinski definition) is 2. The van der Waals surface area contributed by atoms with Crippen molar-refractivity contribution in [3.05, 3.63) is 0 Å². The van der Waals surface area contributed by atoms with Crippen molar-refractivity contribution >= 4 is 18.3 Å². The molecule has 4 heteroatoms. The summed E-state index contributed by atoms with van der Waals surface area (Å²) in [6.07, 6.45) is 9.17. The fraction of sp³-hybridized carbons (Fsp3) is 0.933. The van der Waals surface area contributed by atoms with E-state index in [2.05, 4.69) is 10.6 Å². The average molecular weight is 285 g/mol. The van der Waals surface area contributed by atoms with Crippen molar-refractivity contribution in [2.45, 2.75) is 50.5 Å². The third-order valence-corrected chi connectivity index (χ3v) is 5.86. The van der Waals surface area contributed by atoms with Crippen LogP contribution in [0.5, 0.6) is 0 Å². The van der Waals surface area contributed by atoms with E-state index in [0.29, 0.717) is 5.91 Å². The van der Waals surface area contributed by atoms with E-state index in [1.165, 1.54) is 38.5 Å². The lowest BCUT2D eigenvalue weighted by Gasteiger charge is -2.57. The standard InChI is InChI=1S/C15H24N2O.ClH/c18-14(13-1-2-16-9-13)17-15-6-10-3-11(7-15)5-12(4-10)8-15;/h10-13,16H,1-9H2,(H,17,18);1H. The van der Waals surface area contributed by atoms with Crippen LogP contribution in [0.15, 0.2) is 0 Å². The third-order valence-electron chi connectivity index (χ3n) is 5.86. The predicted octanol–water partition coefficient (Wildman–Crippen LogP) is 2.10. The zero-order chi connectivity index (χ0) is 12.2. The highest BCUT2D eigenvalue weighted by atomic mass is 35.5. The molecule has 1 atom stereocenters. The van der Waals surface area contributed by atoms with Gasteiger partial charge in [-0.3, -0.25) is 4.79 Å². The molecule has 0 aromatic rings. The molecule has 1 unspecified atom stereocenters. The fourth-order valence-electron chi connectivity index (χ4n) is 5.51. The minimum Gasteiger partial charge on any atom is -0.350 e. The van der Waals surface area contributed by atoms with Crippen molar-refractivity contribution in [1.82, 2.24) is 10.6 Å². The molecule has 4 saturated carbocycles. The molecular weight excluding hydrogens is 260 g/mol. The van der Waals surface area contributed by atoms with Crippen LogP contribution < -0.4 is 10.6 Å². The predicted molar refractivity (Wildman–Crippen MR) is 77.3 cm³/mol. The first-order valence-corrected chi connectivity index (χ1v) is 7.75. The molecule has 0 aromatic heterocycles. The lowest BCUT2D eigenvalue weighted by atomic mass is 9.53. The number of carbonyl (C=O) groups excluding carboxylic acids is 1. The number of halogens is 1. The van der Waals surface area contributed by atoms with Crippen LogP contribution in [0.3, 0.4) is 0 Å². The summed E-state index contributed by atoms with van der Waals surface area (Å²) in [7, 11) is 0. The Morgan fingerprint density at radius 2 is 1.63 bits per heavy atom. The van der Waals surface area contributed by atoms with Gasteiger partial charge < -0.3 is 10.6 Å². The van der Waals surface area contributed by atoms with Crippen LogP contribution in [-0.4, -0.2) is 24.5 Å². The molecule has 1 amide bonds. The summed E-state index contributed by atoms with van der Waals surface area (Å²) in [4.78, 5) is 12.4. The summed E-state index contributed by atoms with van der Waals surface area (Å²) in [5.74, 6) is 3.31. The summed E-state index contributed by atoms with van der Waals surface area (Å²) in [5, 5.41) is 6.79. The van der Waals surface area contributed by atoms with Gasteiger partial charge in [-0.05, 0) is 69.2 Å². The molecular formula is C15H25ClN2O. The van der Waals surface area contributed by atoms with Crippen molar-refractivity contribution in [3.8, 4) is 0 Å². The van der Waals surface area contributed by atoms with E-state index >= 15 is 0 Å². The maximum atomic E-state index is 12.4. The van der Waals surface area contributed by atoms with Crippen molar-refractivity contribution < 1.29 is 4.79 Å². The molecule has 4 aliphatic carbocycles. The molecule has 5 fully saturated rings. The highest BCUT2D eigenvalue weighted by Gasteiger charge is 2.51. The van der Waals surface area contributed by atoms with Crippen LogP contribution in [0.4, 0.5) is 0 Å². The van der Waals surface area contributed by atoms with Gasteiger partial charge in [0.15, 0.2) is 0 Å². The maximum Gasteiger partial charge on any atom is 0.224 e. The van der Waals surface area contributed by atoms with Crippen molar-refractivity contribution in [1.29, 1.82) is 0 Å². The Hall–Kier alpha value is -0.280. The summed E-state index contributed by atoms with van der Waals surface area (Å²) in [6.45, 7) is 1.90. The second-order valence-electron chi connectivity index (χ2n) is 7.38. The van der Waals surface area contributed by atoms with Crippen LogP contribution in [0.1, 0.15) is 44.9 Å². The molecule has 1 saturated heterocycles. The van der Waals surface area contributed by atoms with Gasteiger partial charge in [-0.2, -0.15) is 0 Å². The third kappa shape index (κ3) is 2.40. The Kier molecular flexibility index (Phi) is 3.55. The van der Waals surface area contributed by atoms with Gasteiger partial charge in [0.2, 0.25) is 5.91 Å². The van der Waals surface area contributed by atoms with Gasteiger partial charge in [0.25, 0.3) is 0 Å². The Balaban J connectivity index is 0.00000110. The molecule has 4 bridgehead atoms. The first-order valence-electron chi connectivity index (χ1n) is 7.75. The SMILES string of the molecule is Cl.O=C(NC12CC3CC(CC(C3)C1)C2)C1CCNC1. The zero-order valence-electron chi connectivity index (χ0n) is 11.5. The molecule has 2 N–H and O–H groups in total. The largest absolute Gasteiger partial charge is 0.350 e. The summed E-state index contributed by atoms with van der Waals surface area (Å²) in [5.41, 5.74) is 0.203. The van der Waals surface area contributed by atoms with Crippen LogP contribution in [0, 0.1) is 23.7 Å². The van der Waals surface area contributed by atoms with Gasteiger partial charge in [0.1, 0.15) is 0 Å². The molecule has 5 aliphatic rings. The van der Waals surface area contributed by atoms with Gasteiger partial charge in [0, 0.05) is 12.1 Å². The number of nitrogens with one attached hydrogen (secondary N) is 2. The van der Waals surface area contributed by atoms with Crippen molar-refractivity contribution in [2.24, 2.45) is 23.7 Å². The fourth-order valence-corrected chi connectivity index (χ4v) is 5.51. The molecule has 5 rings (SSSR count).